The molecular weight excluding hydrogens is 227 g/mol. The van der Waals surface area contributed by atoms with Crippen molar-refractivity contribution >= 4 is 27.5 Å². The van der Waals surface area contributed by atoms with Crippen molar-refractivity contribution in [3.8, 4) is 0 Å². The van der Waals surface area contributed by atoms with Crippen LogP contribution in [0.4, 0.5) is 0 Å². The second kappa shape index (κ2) is 3.23. The van der Waals surface area contributed by atoms with Crippen LogP contribution in [-0.4, -0.2) is 16.0 Å². The summed E-state index contributed by atoms with van der Waals surface area (Å²) in [6, 6.07) is 0. The predicted octanol–water partition coefficient (Wildman–Crippen LogP) is 3.15. The highest BCUT2D eigenvalue weighted by atomic mass is 79.9. The summed E-state index contributed by atoms with van der Waals surface area (Å²) in [6.45, 7) is 6.29. The Morgan fingerprint density at radius 1 is 1.64 bits per heavy atom. The Bertz CT molecular complexity index is 149. The highest BCUT2D eigenvalue weighted by Gasteiger charge is 2.48. The van der Waals surface area contributed by atoms with Crippen molar-refractivity contribution < 1.29 is 4.74 Å². The van der Waals surface area contributed by atoms with Gasteiger partial charge in [-0.25, -0.2) is 0 Å². The van der Waals surface area contributed by atoms with Crippen LogP contribution in [0.25, 0.3) is 0 Å². The summed E-state index contributed by atoms with van der Waals surface area (Å²) in [5.41, 5.74) is 0. The van der Waals surface area contributed by atoms with E-state index in [1.54, 1.807) is 0 Å². The first-order valence-corrected chi connectivity index (χ1v) is 5.28. The first-order chi connectivity index (χ1) is 5.00. The maximum absolute atomic E-state index is 6.27. The molecule has 0 radical (unpaired) electrons. The van der Waals surface area contributed by atoms with Crippen LogP contribution in [0.2, 0.25) is 0 Å². The fraction of sp³-hybridized carbons (Fsp3) is 1.00. The van der Waals surface area contributed by atoms with Crippen molar-refractivity contribution in [2.75, 3.05) is 0 Å². The van der Waals surface area contributed by atoms with E-state index in [9.17, 15) is 0 Å². The van der Waals surface area contributed by atoms with Gasteiger partial charge in [0.1, 0.15) is 5.01 Å². The van der Waals surface area contributed by atoms with Crippen LogP contribution in [0.5, 0.6) is 0 Å². The highest BCUT2D eigenvalue weighted by Crippen LogP contribution is 2.44. The molecule has 11 heavy (non-hydrogen) atoms. The summed E-state index contributed by atoms with van der Waals surface area (Å²) in [5.74, 6) is 0.415. The molecule has 1 rings (SSSR count). The maximum atomic E-state index is 6.27. The van der Waals surface area contributed by atoms with Gasteiger partial charge in [0.05, 0.1) is 11.0 Å². The minimum absolute atomic E-state index is 0.00313. The van der Waals surface area contributed by atoms with Crippen LogP contribution in [0.3, 0.4) is 0 Å². The molecule has 4 atom stereocenters. The van der Waals surface area contributed by atoms with Crippen LogP contribution in [0.15, 0.2) is 0 Å². The minimum Gasteiger partial charge on any atom is -0.362 e. The van der Waals surface area contributed by atoms with E-state index in [1.807, 2.05) is 6.92 Å². The molecule has 0 bridgehead atoms. The average Bonchev–Trinajstić information content (AvgIpc) is 2.14. The molecule has 3 heteroatoms. The molecule has 0 aromatic carbocycles. The fourth-order valence-corrected chi connectivity index (χ4v) is 2.31. The number of hydrogen-bond donors (Lipinski definition) is 0. The van der Waals surface area contributed by atoms with Crippen molar-refractivity contribution in [3.63, 3.8) is 0 Å². The van der Waals surface area contributed by atoms with Gasteiger partial charge in [-0.2, -0.15) is 0 Å². The summed E-state index contributed by atoms with van der Waals surface area (Å²) >= 11 is 9.70. The van der Waals surface area contributed by atoms with Crippen molar-refractivity contribution in [2.45, 2.75) is 43.2 Å². The third-order valence-corrected chi connectivity index (χ3v) is 4.56. The summed E-state index contributed by atoms with van der Waals surface area (Å²) in [6.07, 6.45) is 1.34. The third-order valence-electron chi connectivity index (χ3n) is 2.59. The zero-order chi connectivity index (χ0) is 8.65. The quantitative estimate of drug-likeness (QED) is 0.641. The molecule has 1 aliphatic rings. The van der Waals surface area contributed by atoms with Gasteiger partial charge < -0.3 is 4.74 Å². The Morgan fingerprint density at radius 2 is 2.18 bits per heavy atom. The zero-order valence-corrected chi connectivity index (χ0v) is 9.45. The molecule has 0 aromatic heterocycles. The Hall–Kier alpha value is 0.730. The molecule has 0 aliphatic carbocycles. The van der Waals surface area contributed by atoms with Crippen molar-refractivity contribution in [3.05, 3.63) is 0 Å². The number of rotatable bonds is 1. The van der Waals surface area contributed by atoms with Gasteiger partial charge in [-0.05, 0) is 13.3 Å². The fourth-order valence-electron chi connectivity index (χ4n) is 1.42. The Kier molecular flexibility index (Phi) is 2.88. The van der Waals surface area contributed by atoms with E-state index in [1.165, 1.54) is 0 Å². The molecule has 0 N–H and O–H groups in total. The monoisotopic (exact) mass is 240 g/mol. The van der Waals surface area contributed by atoms with Gasteiger partial charge >= 0.3 is 0 Å². The summed E-state index contributed by atoms with van der Waals surface area (Å²) in [4.78, 5) is -0.249. The topological polar surface area (TPSA) is 9.23 Å². The van der Waals surface area contributed by atoms with Gasteiger partial charge in [0.25, 0.3) is 0 Å². The molecule has 1 fully saturated rings. The summed E-state index contributed by atoms with van der Waals surface area (Å²) in [7, 11) is 0. The molecule has 0 amide bonds. The Labute approximate surface area is 81.6 Å². The van der Waals surface area contributed by atoms with E-state index in [0.717, 1.165) is 6.42 Å². The Balaban J connectivity index is 2.71. The molecule has 0 saturated carbocycles. The van der Waals surface area contributed by atoms with E-state index in [4.69, 9.17) is 16.3 Å². The lowest BCUT2D eigenvalue weighted by atomic mass is 9.92. The molecule has 1 unspecified atom stereocenters. The Morgan fingerprint density at radius 3 is 2.36 bits per heavy atom. The number of alkyl halides is 2. The van der Waals surface area contributed by atoms with Crippen LogP contribution in [0, 0.1) is 5.92 Å². The van der Waals surface area contributed by atoms with E-state index in [2.05, 4.69) is 29.8 Å². The molecule has 1 heterocycles. The van der Waals surface area contributed by atoms with E-state index < -0.39 is 0 Å². The molecule has 1 aliphatic heterocycles. The zero-order valence-electron chi connectivity index (χ0n) is 7.10. The summed E-state index contributed by atoms with van der Waals surface area (Å²) in [5, 5.41) is -0.00313. The summed E-state index contributed by atoms with van der Waals surface area (Å²) < 4.78 is 5.62. The van der Waals surface area contributed by atoms with Gasteiger partial charge in [-0.15, -0.1) is 11.6 Å². The maximum Gasteiger partial charge on any atom is 0.132 e. The predicted molar refractivity (Wildman–Crippen MR) is 51.3 cm³/mol. The standard InChI is InChI=1S/C8H14BrClO/c1-4-6-5(2)8(3,10)7(9)11-6/h5-7H,4H2,1-3H3/t5-,6-,7?,8-/m1/s1. The van der Waals surface area contributed by atoms with Gasteiger partial charge in [0.15, 0.2) is 0 Å². The van der Waals surface area contributed by atoms with Crippen molar-refractivity contribution in [1.29, 1.82) is 0 Å². The first-order valence-electron chi connectivity index (χ1n) is 3.98. The third kappa shape index (κ3) is 1.58. The molecular formula is C8H14BrClO. The van der Waals surface area contributed by atoms with E-state index >= 15 is 0 Å². The van der Waals surface area contributed by atoms with Crippen LogP contribution in [0.1, 0.15) is 27.2 Å². The van der Waals surface area contributed by atoms with Crippen LogP contribution >= 0.6 is 27.5 Å². The molecule has 1 nitrogen and oxygen atoms in total. The van der Waals surface area contributed by atoms with Crippen molar-refractivity contribution in [2.24, 2.45) is 5.92 Å². The number of halogens is 2. The smallest absolute Gasteiger partial charge is 0.132 e. The van der Waals surface area contributed by atoms with Gasteiger partial charge in [0.2, 0.25) is 0 Å². The lowest BCUT2D eigenvalue weighted by Gasteiger charge is -2.22. The number of ether oxygens (including phenoxy) is 1. The van der Waals surface area contributed by atoms with Gasteiger partial charge in [0, 0.05) is 5.92 Å². The molecule has 1 saturated heterocycles. The normalized spacial score (nSPS) is 51.5. The first kappa shape index (κ1) is 9.82. The second-order valence-electron chi connectivity index (χ2n) is 3.34. The largest absolute Gasteiger partial charge is 0.362 e. The SMILES string of the molecule is CC[C@H]1OC(Br)[C@](C)(Cl)[C@@H]1C. The van der Waals surface area contributed by atoms with Crippen molar-refractivity contribution in [1.82, 2.24) is 0 Å². The van der Waals surface area contributed by atoms with E-state index in [-0.39, 0.29) is 9.89 Å². The van der Waals surface area contributed by atoms with Gasteiger partial charge in [-0.1, -0.05) is 29.8 Å². The van der Waals surface area contributed by atoms with Crippen LogP contribution in [-0.2, 0) is 4.74 Å². The second-order valence-corrected chi connectivity index (χ2v) is 4.98. The highest BCUT2D eigenvalue weighted by molar-refractivity contribution is 9.09. The van der Waals surface area contributed by atoms with Crippen LogP contribution < -0.4 is 0 Å². The molecule has 0 aromatic rings. The molecule has 66 valence electrons. The minimum atomic E-state index is -0.249. The lowest BCUT2D eigenvalue weighted by molar-refractivity contribution is 0.0774. The average molecular weight is 242 g/mol. The molecule has 0 spiro atoms. The van der Waals surface area contributed by atoms with Gasteiger partial charge in [-0.3, -0.25) is 0 Å². The lowest BCUT2D eigenvalue weighted by Crippen LogP contribution is -2.30. The van der Waals surface area contributed by atoms with E-state index in [0.29, 0.717) is 12.0 Å². The number of hydrogen-bond acceptors (Lipinski definition) is 1.